The summed E-state index contributed by atoms with van der Waals surface area (Å²) >= 11 is 0. The summed E-state index contributed by atoms with van der Waals surface area (Å²) in [5.41, 5.74) is 0. The number of ether oxygens (including phenoxy) is 3. The molecule has 0 saturated heterocycles. The second-order valence-electron chi connectivity index (χ2n) is 14.6. The van der Waals surface area contributed by atoms with Gasteiger partial charge in [-0.05, 0) is 64.2 Å². The van der Waals surface area contributed by atoms with Crippen molar-refractivity contribution in [3.05, 3.63) is 48.6 Å². The van der Waals surface area contributed by atoms with Crippen molar-refractivity contribution in [2.45, 2.75) is 219 Å². The van der Waals surface area contributed by atoms with Gasteiger partial charge in [-0.3, -0.25) is 14.4 Å². The van der Waals surface area contributed by atoms with Crippen LogP contribution in [0.1, 0.15) is 213 Å². The molecule has 0 spiro atoms. The van der Waals surface area contributed by atoms with Gasteiger partial charge in [0.15, 0.2) is 6.10 Å². The van der Waals surface area contributed by atoms with Crippen LogP contribution < -0.4 is 0 Å². The zero-order valence-electron chi connectivity index (χ0n) is 34.8. The highest BCUT2D eigenvalue weighted by atomic mass is 16.6. The minimum absolute atomic E-state index is 0.0850. The minimum Gasteiger partial charge on any atom is -0.462 e. The third-order valence-corrected chi connectivity index (χ3v) is 9.38. The Hall–Kier alpha value is -2.63. The number of hydrogen-bond acceptors (Lipinski definition) is 6. The predicted octanol–water partition coefficient (Wildman–Crippen LogP) is 14.0. The SMILES string of the molecule is CC\C=C/C=C\C=C/CCCCCCCC(=O)OCC(COC(=O)CCCCCCCCCCC)OC(=O)CCCCC/C=C\CCCCCCCC. The van der Waals surface area contributed by atoms with E-state index in [0.717, 1.165) is 96.3 Å². The summed E-state index contributed by atoms with van der Waals surface area (Å²) in [6.45, 7) is 6.43. The molecule has 53 heavy (non-hydrogen) atoms. The molecule has 0 aliphatic rings. The lowest BCUT2D eigenvalue weighted by Gasteiger charge is -2.18. The Bertz CT molecular complexity index is 949. The summed E-state index contributed by atoms with van der Waals surface area (Å²) < 4.78 is 16.6. The van der Waals surface area contributed by atoms with Crippen molar-refractivity contribution in [3.8, 4) is 0 Å². The van der Waals surface area contributed by atoms with Crippen LogP contribution in [-0.2, 0) is 28.6 Å². The highest BCUT2D eigenvalue weighted by Crippen LogP contribution is 2.13. The molecular formula is C47H82O6. The van der Waals surface area contributed by atoms with E-state index in [0.29, 0.717) is 19.3 Å². The van der Waals surface area contributed by atoms with Crippen molar-refractivity contribution < 1.29 is 28.6 Å². The van der Waals surface area contributed by atoms with E-state index in [1.807, 2.05) is 0 Å². The van der Waals surface area contributed by atoms with Crippen molar-refractivity contribution in [2.75, 3.05) is 13.2 Å². The molecule has 0 bridgehead atoms. The van der Waals surface area contributed by atoms with Crippen LogP contribution in [0.2, 0.25) is 0 Å². The first-order valence-electron chi connectivity index (χ1n) is 22.2. The molecule has 0 N–H and O–H groups in total. The average molecular weight is 743 g/mol. The molecule has 306 valence electrons. The van der Waals surface area contributed by atoms with Crippen LogP contribution in [0.3, 0.4) is 0 Å². The van der Waals surface area contributed by atoms with E-state index in [1.54, 1.807) is 0 Å². The number of carbonyl (C=O) groups is 3. The molecule has 0 amide bonds. The lowest BCUT2D eigenvalue weighted by atomic mass is 10.1. The molecule has 0 fully saturated rings. The summed E-state index contributed by atoms with van der Waals surface area (Å²) in [6, 6.07) is 0. The van der Waals surface area contributed by atoms with Gasteiger partial charge in [0.2, 0.25) is 0 Å². The molecule has 0 aromatic rings. The van der Waals surface area contributed by atoms with E-state index in [1.165, 1.54) is 77.0 Å². The molecule has 1 atom stereocenters. The molecule has 6 heteroatoms. The van der Waals surface area contributed by atoms with Crippen molar-refractivity contribution in [2.24, 2.45) is 0 Å². The lowest BCUT2D eigenvalue weighted by molar-refractivity contribution is -0.167. The largest absolute Gasteiger partial charge is 0.462 e. The Labute approximate surface area is 327 Å². The highest BCUT2D eigenvalue weighted by Gasteiger charge is 2.19. The molecule has 1 unspecified atom stereocenters. The van der Waals surface area contributed by atoms with Crippen molar-refractivity contribution >= 4 is 17.9 Å². The Balaban J connectivity index is 4.42. The summed E-state index contributed by atoms with van der Waals surface area (Å²) in [7, 11) is 0. The van der Waals surface area contributed by atoms with Gasteiger partial charge >= 0.3 is 17.9 Å². The zero-order chi connectivity index (χ0) is 38.7. The van der Waals surface area contributed by atoms with E-state index in [-0.39, 0.29) is 31.1 Å². The fourth-order valence-corrected chi connectivity index (χ4v) is 6.02. The molecule has 0 aromatic heterocycles. The van der Waals surface area contributed by atoms with E-state index in [4.69, 9.17) is 14.2 Å². The van der Waals surface area contributed by atoms with Gasteiger partial charge < -0.3 is 14.2 Å². The Morgan fingerprint density at radius 1 is 0.396 bits per heavy atom. The quantitative estimate of drug-likeness (QED) is 0.0205. The molecule has 0 saturated carbocycles. The van der Waals surface area contributed by atoms with Gasteiger partial charge in [-0.15, -0.1) is 0 Å². The number of allylic oxidation sites excluding steroid dienone is 8. The monoisotopic (exact) mass is 743 g/mol. The van der Waals surface area contributed by atoms with Gasteiger partial charge in [0.25, 0.3) is 0 Å². The van der Waals surface area contributed by atoms with Gasteiger partial charge in [-0.25, -0.2) is 0 Å². The van der Waals surface area contributed by atoms with Crippen LogP contribution in [0.5, 0.6) is 0 Å². The van der Waals surface area contributed by atoms with Crippen molar-refractivity contribution in [1.29, 1.82) is 0 Å². The number of esters is 3. The summed E-state index contributed by atoms with van der Waals surface area (Å²) in [5, 5.41) is 0. The maximum absolute atomic E-state index is 12.7. The predicted molar refractivity (Wildman–Crippen MR) is 224 cm³/mol. The first-order valence-corrected chi connectivity index (χ1v) is 22.2. The molecule has 6 nitrogen and oxygen atoms in total. The van der Waals surface area contributed by atoms with Crippen LogP contribution in [-0.4, -0.2) is 37.2 Å². The maximum Gasteiger partial charge on any atom is 0.306 e. The molecule has 0 heterocycles. The van der Waals surface area contributed by atoms with Crippen LogP contribution >= 0.6 is 0 Å². The summed E-state index contributed by atoms with van der Waals surface area (Å²) in [4.78, 5) is 37.6. The summed E-state index contributed by atoms with van der Waals surface area (Å²) in [5.74, 6) is -0.928. The standard InChI is InChI=1S/C47H82O6/c1-4-7-10-13-16-19-21-23-25-28-31-34-37-40-46(49)52-43-44(42-51-45(48)39-36-33-30-27-18-15-12-9-6-3)53-47(50)41-38-35-32-29-26-24-22-20-17-14-11-8-5-2/h7,10,13,16,19,21,24,26,44H,4-6,8-9,11-12,14-15,17-18,20,22-23,25,27-43H2,1-3H3/b10-7-,16-13-,21-19-,26-24-. The smallest absolute Gasteiger partial charge is 0.306 e. The van der Waals surface area contributed by atoms with Gasteiger partial charge in [0, 0.05) is 19.3 Å². The molecule has 0 aromatic carbocycles. The van der Waals surface area contributed by atoms with Gasteiger partial charge in [0.1, 0.15) is 13.2 Å². The number of hydrogen-bond donors (Lipinski definition) is 0. The Morgan fingerprint density at radius 2 is 0.755 bits per heavy atom. The number of unbranched alkanes of at least 4 members (excludes halogenated alkanes) is 22. The minimum atomic E-state index is -0.783. The molecular weight excluding hydrogens is 661 g/mol. The Morgan fingerprint density at radius 3 is 1.21 bits per heavy atom. The number of carbonyl (C=O) groups excluding carboxylic acids is 3. The van der Waals surface area contributed by atoms with Crippen molar-refractivity contribution in [1.82, 2.24) is 0 Å². The van der Waals surface area contributed by atoms with Crippen molar-refractivity contribution in [3.63, 3.8) is 0 Å². The average Bonchev–Trinajstić information content (AvgIpc) is 3.15. The van der Waals surface area contributed by atoms with Crippen LogP contribution in [0.15, 0.2) is 48.6 Å². The van der Waals surface area contributed by atoms with E-state index < -0.39 is 6.10 Å². The Kier molecular flexibility index (Phi) is 40.0. The third-order valence-electron chi connectivity index (χ3n) is 9.38. The first-order chi connectivity index (χ1) is 26.0. The maximum atomic E-state index is 12.7. The van der Waals surface area contributed by atoms with Crippen LogP contribution in [0.25, 0.3) is 0 Å². The lowest BCUT2D eigenvalue weighted by Crippen LogP contribution is -2.30. The van der Waals surface area contributed by atoms with Gasteiger partial charge in [-0.2, -0.15) is 0 Å². The first kappa shape index (κ1) is 50.4. The number of rotatable bonds is 39. The van der Waals surface area contributed by atoms with E-state index >= 15 is 0 Å². The van der Waals surface area contributed by atoms with Crippen LogP contribution in [0, 0.1) is 0 Å². The fraction of sp³-hybridized carbons (Fsp3) is 0.766. The molecule has 0 aliphatic carbocycles. The normalized spacial score (nSPS) is 12.4. The van der Waals surface area contributed by atoms with E-state index in [9.17, 15) is 14.4 Å². The van der Waals surface area contributed by atoms with Crippen LogP contribution in [0.4, 0.5) is 0 Å². The zero-order valence-corrected chi connectivity index (χ0v) is 34.8. The highest BCUT2D eigenvalue weighted by molar-refractivity contribution is 5.71. The second kappa shape index (κ2) is 42.1. The molecule has 0 rings (SSSR count). The van der Waals surface area contributed by atoms with Gasteiger partial charge in [-0.1, -0.05) is 179 Å². The summed E-state index contributed by atoms with van der Waals surface area (Å²) in [6.07, 6.45) is 48.1. The molecule has 0 aliphatic heterocycles. The van der Waals surface area contributed by atoms with E-state index in [2.05, 4.69) is 69.4 Å². The third kappa shape index (κ3) is 40.4. The second-order valence-corrected chi connectivity index (χ2v) is 14.6. The van der Waals surface area contributed by atoms with Gasteiger partial charge in [0.05, 0.1) is 0 Å². The topological polar surface area (TPSA) is 78.9 Å². The fourth-order valence-electron chi connectivity index (χ4n) is 6.02. The molecule has 0 radical (unpaired) electrons.